The molecular formula is C11H14FNO. The Bertz CT molecular complexity index is 336. The van der Waals surface area contributed by atoms with Crippen LogP contribution in [0.25, 0.3) is 0 Å². The zero-order valence-corrected chi connectivity index (χ0v) is 7.91. The van der Waals surface area contributed by atoms with Crippen molar-refractivity contribution in [2.75, 3.05) is 0 Å². The van der Waals surface area contributed by atoms with E-state index in [2.05, 4.69) is 0 Å². The highest BCUT2D eigenvalue weighted by molar-refractivity contribution is 5.28. The van der Waals surface area contributed by atoms with Gasteiger partial charge in [0.15, 0.2) is 0 Å². The second-order valence-electron chi connectivity index (χ2n) is 3.88. The highest BCUT2D eigenvalue weighted by Gasteiger charge is 2.31. The second kappa shape index (κ2) is 3.67. The molecule has 1 unspecified atom stereocenters. The molecule has 2 nitrogen and oxygen atoms in total. The summed E-state index contributed by atoms with van der Waals surface area (Å²) >= 11 is 0. The molecule has 76 valence electrons. The Morgan fingerprint density at radius 3 is 2.79 bits per heavy atom. The van der Waals surface area contributed by atoms with E-state index in [9.17, 15) is 4.39 Å². The summed E-state index contributed by atoms with van der Waals surface area (Å²) in [7, 11) is 0. The van der Waals surface area contributed by atoms with Crippen LogP contribution in [0.2, 0.25) is 0 Å². The number of hydrogen-bond donors (Lipinski definition) is 2. The fourth-order valence-electron chi connectivity index (χ4n) is 1.66. The molecule has 14 heavy (non-hydrogen) atoms. The summed E-state index contributed by atoms with van der Waals surface area (Å²) in [5, 5.41) is 8.93. The van der Waals surface area contributed by atoms with E-state index in [-0.39, 0.29) is 18.5 Å². The Hall–Kier alpha value is -0.930. The van der Waals surface area contributed by atoms with E-state index >= 15 is 0 Å². The summed E-state index contributed by atoms with van der Waals surface area (Å²) in [5.74, 6) is 0.167. The summed E-state index contributed by atoms with van der Waals surface area (Å²) in [6, 6.07) is 4.42. The molecule has 1 fully saturated rings. The number of aliphatic hydroxyl groups excluding tert-OH is 1. The third-order valence-electron chi connectivity index (χ3n) is 2.73. The predicted molar refractivity (Wildman–Crippen MR) is 52.0 cm³/mol. The maximum absolute atomic E-state index is 13.4. The van der Waals surface area contributed by atoms with Crippen LogP contribution in [0.1, 0.15) is 30.0 Å². The molecule has 2 rings (SSSR count). The van der Waals surface area contributed by atoms with Crippen LogP contribution >= 0.6 is 0 Å². The van der Waals surface area contributed by atoms with Gasteiger partial charge in [0.25, 0.3) is 0 Å². The highest BCUT2D eigenvalue weighted by atomic mass is 19.1. The van der Waals surface area contributed by atoms with Gasteiger partial charge in [-0.1, -0.05) is 6.07 Å². The van der Waals surface area contributed by atoms with Gasteiger partial charge in [-0.25, -0.2) is 4.39 Å². The molecule has 1 atom stereocenters. The zero-order valence-electron chi connectivity index (χ0n) is 7.91. The first-order valence-corrected chi connectivity index (χ1v) is 4.87. The molecule has 3 N–H and O–H groups in total. The first-order valence-electron chi connectivity index (χ1n) is 4.87. The summed E-state index contributed by atoms with van der Waals surface area (Å²) in [5.41, 5.74) is 7.16. The Balaban J connectivity index is 2.29. The Labute approximate surface area is 82.5 Å². The van der Waals surface area contributed by atoms with Gasteiger partial charge in [0.1, 0.15) is 5.82 Å². The Morgan fingerprint density at radius 2 is 2.21 bits per heavy atom. The maximum atomic E-state index is 13.4. The van der Waals surface area contributed by atoms with E-state index in [1.54, 1.807) is 12.1 Å². The second-order valence-corrected chi connectivity index (χ2v) is 3.88. The van der Waals surface area contributed by atoms with E-state index < -0.39 is 0 Å². The first kappa shape index (κ1) is 9.62. The summed E-state index contributed by atoms with van der Waals surface area (Å²) in [6.45, 7) is -0.0648. The van der Waals surface area contributed by atoms with Crippen LogP contribution < -0.4 is 5.73 Å². The molecule has 1 aliphatic rings. The Morgan fingerprint density at radius 1 is 1.50 bits per heavy atom. The van der Waals surface area contributed by atoms with Crippen molar-refractivity contribution in [3.05, 3.63) is 35.1 Å². The van der Waals surface area contributed by atoms with Gasteiger partial charge < -0.3 is 10.8 Å². The minimum Gasteiger partial charge on any atom is -0.392 e. The van der Waals surface area contributed by atoms with Crippen LogP contribution in [0.3, 0.4) is 0 Å². The molecule has 0 amide bonds. The van der Waals surface area contributed by atoms with Crippen LogP contribution in [0.15, 0.2) is 18.2 Å². The van der Waals surface area contributed by atoms with Gasteiger partial charge in [-0.2, -0.15) is 0 Å². The lowest BCUT2D eigenvalue weighted by Crippen LogP contribution is -2.14. The predicted octanol–water partition coefficient (Wildman–Crippen LogP) is 1.73. The fraction of sp³-hybridized carbons (Fsp3) is 0.455. The standard InChI is InChI=1S/C11H14FNO/c12-10-4-1-7(6-14)5-9(10)11(13)8-2-3-8/h1,4-5,8,11,14H,2-3,6,13H2. The SMILES string of the molecule is NC(c1cc(CO)ccc1F)C1CC1. The molecule has 1 aromatic rings. The Kier molecular flexibility index (Phi) is 2.52. The monoisotopic (exact) mass is 195 g/mol. The molecule has 0 saturated heterocycles. The lowest BCUT2D eigenvalue weighted by Gasteiger charge is -2.12. The average Bonchev–Trinajstić information content (AvgIpc) is 3.01. The molecule has 1 saturated carbocycles. The third kappa shape index (κ3) is 1.79. The molecule has 0 heterocycles. The zero-order chi connectivity index (χ0) is 10.1. The van der Waals surface area contributed by atoms with Gasteiger partial charge >= 0.3 is 0 Å². The fourth-order valence-corrected chi connectivity index (χ4v) is 1.66. The van der Waals surface area contributed by atoms with Gasteiger partial charge in [0.05, 0.1) is 6.61 Å². The van der Waals surface area contributed by atoms with Crippen molar-refractivity contribution in [1.82, 2.24) is 0 Å². The van der Waals surface area contributed by atoms with E-state index in [0.29, 0.717) is 11.5 Å². The number of nitrogens with two attached hydrogens (primary N) is 1. The smallest absolute Gasteiger partial charge is 0.128 e. The number of hydrogen-bond acceptors (Lipinski definition) is 2. The summed E-state index contributed by atoms with van der Waals surface area (Å²) < 4.78 is 13.4. The summed E-state index contributed by atoms with van der Waals surface area (Å²) in [6.07, 6.45) is 2.17. The van der Waals surface area contributed by atoms with Crippen LogP contribution in [-0.2, 0) is 6.61 Å². The van der Waals surface area contributed by atoms with Crippen molar-refractivity contribution in [2.24, 2.45) is 11.7 Å². The molecule has 0 aliphatic heterocycles. The van der Waals surface area contributed by atoms with Crippen molar-refractivity contribution in [1.29, 1.82) is 0 Å². The van der Waals surface area contributed by atoms with Gasteiger partial charge in [-0.15, -0.1) is 0 Å². The molecule has 3 heteroatoms. The van der Waals surface area contributed by atoms with Gasteiger partial charge in [0.2, 0.25) is 0 Å². The van der Waals surface area contributed by atoms with Gasteiger partial charge in [-0.05, 0) is 36.5 Å². The van der Waals surface area contributed by atoms with Gasteiger partial charge in [0, 0.05) is 11.6 Å². The number of aliphatic hydroxyl groups is 1. The first-order chi connectivity index (χ1) is 6.72. The van der Waals surface area contributed by atoms with Crippen molar-refractivity contribution < 1.29 is 9.50 Å². The van der Waals surface area contributed by atoms with Crippen LogP contribution in [0, 0.1) is 11.7 Å². The molecule has 0 bridgehead atoms. The lowest BCUT2D eigenvalue weighted by molar-refractivity contribution is 0.281. The van der Waals surface area contributed by atoms with E-state index in [1.165, 1.54) is 6.07 Å². The average molecular weight is 195 g/mol. The lowest BCUT2D eigenvalue weighted by atomic mass is 10.0. The summed E-state index contributed by atoms with van der Waals surface area (Å²) in [4.78, 5) is 0. The largest absolute Gasteiger partial charge is 0.392 e. The minimum atomic E-state index is -0.262. The van der Waals surface area contributed by atoms with Gasteiger partial charge in [-0.3, -0.25) is 0 Å². The van der Waals surface area contributed by atoms with Crippen LogP contribution in [-0.4, -0.2) is 5.11 Å². The molecule has 1 aromatic carbocycles. The highest BCUT2D eigenvalue weighted by Crippen LogP contribution is 2.40. The third-order valence-corrected chi connectivity index (χ3v) is 2.73. The van der Waals surface area contributed by atoms with Crippen molar-refractivity contribution >= 4 is 0 Å². The van der Waals surface area contributed by atoms with E-state index in [0.717, 1.165) is 18.4 Å². The van der Waals surface area contributed by atoms with E-state index in [4.69, 9.17) is 10.8 Å². The van der Waals surface area contributed by atoms with Crippen molar-refractivity contribution in [3.8, 4) is 0 Å². The van der Waals surface area contributed by atoms with Crippen LogP contribution in [0.5, 0.6) is 0 Å². The quantitative estimate of drug-likeness (QED) is 0.771. The maximum Gasteiger partial charge on any atom is 0.128 e. The minimum absolute atomic E-state index is 0.0648. The normalized spacial score (nSPS) is 18.2. The number of halogens is 1. The molecule has 0 radical (unpaired) electrons. The number of benzene rings is 1. The van der Waals surface area contributed by atoms with Crippen molar-refractivity contribution in [3.63, 3.8) is 0 Å². The molecule has 0 aromatic heterocycles. The topological polar surface area (TPSA) is 46.2 Å². The van der Waals surface area contributed by atoms with Crippen LogP contribution in [0.4, 0.5) is 4.39 Å². The van der Waals surface area contributed by atoms with E-state index in [1.807, 2.05) is 0 Å². The molecule has 0 spiro atoms. The molecule has 1 aliphatic carbocycles. The molecular weight excluding hydrogens is 181 g/mol. The van der Waals surface area contributed by atoms with Crippen molar-refractivity contribution in [2.45, 2.75) is 25.5 Å². The number of rotatable bonds is 3.